The molecule has 1 aromatic heterocycles. The predicted molar refractivity (Wildman–Crippen MR) is 127 cm³/mol. The van der Waals surface area contributed by atoms with Crippen molar-refractivity contribution in [3.8, 4) is 0 Å². The molecule has 2 rings (SSSR count). The number of H-pyrrole nitrogens is 1. The Morgan fingerprint density at radius 2 is 2.06 bits per heavy atom. The summed E-state index contributed by atoms with van der Waals surface area (Å²) in [6.45, 7) is 16.9. The molecule has 3 N–H and O–H groups in total. The van der Waals surface area contributed by atoms with Crippen molar-refractivity contribution < 1.29 is 19.7 Å². The number of hydrogen-bond acceptors (Lipinski definition) is 5. The van der Waals surface area contributed by atoms with Gasteiger partial charge in [-0.2, -0.15) is 0 Å². The van der Waals surface area contributed by atoms with Gasteiger partial charge in [0.2, 0.25) is 5.91 Å². The van der Waals surface area contributed by atoms with Crippen LogP contribution in [0.25, 0.3) is 6.08 Å². The van der Waals surface area contributed by atoms with Gasteiger partial charge in [-0.25, -0.2) is 4.98 Å². The highest BCUT2D eigenvalue weighted by atomic mass is 16.5. The van der Waals surface area contributed by atoms with Crippen LogP contribution >= 0.6 is 0 Å². The van der Waals surface area contributed by atoms with Gasteiger partial charge in [0.1, 0.15) is 18.0 Å². The highest BCUT2D eigenvalue weighted by Crippen LogP contribution is 2.28. The maximum atomic E-state index is 12.9. The molecule has 1 aromatic rings. The average molecular weight is 448 g/mol. The lowest BCUT2D eigenvalue weighted by atomic mass is 9.86. The van der Waals surface area contributed by atoms with Crippen molar-refractivity contribution in [3.05, 3.63) is 35.4 Å². The zero-order valence-electron chi connectivity index (χ0n) is 20.5. The van der Waals surface area contributed by atoms with E-state index in [1.807, 2.05) is 26.8 Å². The first-order chi connectivity index (χ1) is 14.9. The molecular weight excluding hydrogens is 406 g/mol. The second kappa shape index (κ2) is 11.3. The molecule has 0 unspecified atom stereocenters. The standard InChI is InChI=1S/C25H41N3O4/c1-8-18(25(5,6)7)14-19-17(4)26-22(27-19)10-9-11-23(30)28(16(2)3)15-21-24(31)20(29)12-13-32-21/h8,14,16,20-21,24,29,31H,1,9-13,15H2,2-7H3,(H,26,27)/b18-14+/t20-,21+,24-/m0/s1. The molecule has 0 radical (unpaired) electrons. The van der Waals surface area contributed by atoms with E-state index in [0.29, 0.717) is 32.3 Å². The first-order valence-corrected chi connectivity index (χ1v) is 11.6. The van der Waals surface area contributed by atoms with Crippen molar-refractivity contribution >= 4 is 12.0 Å². The summed E-state index contributed by atoms with van der Waals surface area (Å²) in [4.78, 5) is 22.7. The fourth-order valence-electron chi connectivity index (χ4n) is 3.89. The number of aromatic nitrogens is 2. The first-order valence-electron chi connectivity index (χ1n) is 11.6. The lowest BCUT2D eigenvalue weighted by molar-refractivity contribution is -0.154. The smallest absolute Gasteiger partial charge is 0.222 e. The number of allylic oxidation sites excluding steroid dienone is 2. The highest BCUT2D eigenvalue weighted by molar-refractivity contribution is 5.76. The molecule has 1 amide bonds. The van der Waals surface area contributed by atoms with Crippen molar-refractivity contribution in [2.24, 2.45) is 5.41 Å². The van der Waals surface area contributed by atoms with E-state index in [0.717, 1.165) is 22.8 Å². The van der Waals surface area contributed by atoms with Gasteiger partial charge in [0.25, 0.3) is 0 Å². The molecule has 2 heterocycles. The van der Waals surface area contributed by atoms with Gasteiger partial charge >= 0.3 is 0 Å². The number of aryl methyl sites for hydroxylation is 2. The highest BCUT2D eigenvalue weighted by Gasteiger charge is 2.34. The minimum absolute atomic E-state index is 0.00824. The minimum atomic E-state index is -0.969. The summed E-state index contributed by atoms with van der Waals surface area (Å²) in [5.74, 6) is 0.880. The zero-order chi connectivity index (χ0) is 24.1. The number of amides is 1. The number of aliphatic hydroxyl groups excluding tert-OH is 2. The van der Waals surface area contributed by atoms with Gasteiger partial charge in [0, 0.05) is 37.7 Å². The van der Waals surface area contributed by atoms with E-state index in [-0.39, 0.29) is 23.9 Å². The van der Waals surface area contributed by atoms with Crippen LogP contribution in [0.1, 0.15) is 71.1 Å². The molecule has 0 spiro atoms. The molecule has 7 nitrogen and oxygen atoms in total. The van der Waals surface area contributed by atoms with Gasteiger partial charge in [0.05, 0.1) is 11.8 Å². The largest absolute Gasteiger partial charge is 0.390 e. The number of hydrogen-bond donors (Lipinski definition) is 3. The molecule has 1 saturated heterocycles. The van der Waals surface area contributed by atoms with Crippen molar-refractivity contribution in [3.63, 3.8) is 0 Å². The fourth-order valence-corrected chi connectivity index (χ4v) is 3.89. The zero-order valence-corrected chi connectivity index (χ0v) is 20.5. The number of nitrogens with zero attached hydrogens (tertiary/aromatic N) is 2. The minimum Gasteiger partial charge on any atom is -0.390 e. The van der Waals surface area contributed by atoms with Crippen molar-refractivity contribution in [2.75, 3.05) is 13.2 Å². The predicted octanol–water partition coefficient (Wildman–Crippen LogP) is 3.40. The first kappa shape index (κ1) is 26.3. The van der Waals surface area contributed by atoms with Crippen LogP contribution in [0.3, 0.4) is 0 Å². The van der Waals surface area contributed by atoms with Crippen LogP contribution < -0.4 is 0 Å². The van der Waals surface area contributed by atoms with Crippen LogP contribution in [0, 0.1) is 12.3 Å². The third kappa shape index (κ3) is 7.02. The van der Waals surface area contributed by atoms with Gasteiger partial charge in [0.15, 0.2) is 0 Å². The molecule has 0 aromatic carbocycles. The molecular formula is C25H41N3O4. The van der Waals surface area contributed by atoms with Crippen molar-refractivity contribution in [1.82, 2.24) is 14.9 Å². The van der Waals surface area contributed by atoms with E-state index >= 15 is 0 Å². The Hall–Kier alpha value is -1.96. The van der Waals surface area contributed by atoms with Gasteiger partial charge in [-0.3, -0.25) is 4.79 Å². The second-order valence-electron chi connectivity index (χ2n) is 10.00. The topological polar surface area (TPSA) is 98.7 Å². The summed E-state index contributed by atoms with van der Waals surface area (Å²) < 4.78 is 5.61. The normalized spacial score (nSPS) is 22.3. The molecule has 180 valence electrons. The number of aromatic amines is 1. The van der Waals surface area contributed by atoms with Gasteiger partial charge < -0.3 is 24.8 Å². The van der Waals surface area contributed by atoms with Crippen LogP contribution in [-0.2, 0) is 16.0 Å². The lowest BCUT2D eigenvalue weighted by Gasteiger charge is -2.37. The Bertz CT molecular complexity index is 807. The summed E-state index contributed by atoms with van der Waals surface area (Å²) in [7, 11) is 0. The van der Waals surface area contributed by atoms with E-state index in [1.54, 1.807) is 4.90 Å². The summed E-state index contributed by atoms with van der Waals surface area (Å²) in [5, 5.41) is 20.1. The van der Waals surface area contributed by atoms with Gasteiger partial charge in [-0.1, -0.05) is 33.4 Å². The number of nitrogens with one attached hydrogen (secondary N) is 1. The van der Waals surface area contributed by atoms with E-state index in [9.17, 15) is 15.0 Å². The maximum Gasteiger partial charge on any atom is 0.222 e. The number of aliphatic hydroxyl groups is 2. The molecule has 0 saturated carbocycles. The quantitative estimate of drug-likeness (QED) is 0.504. The summed E-state index contributed by atoms with van der Waals surface area (Å²) in [6, 6.07) is -0.0188. The number of rotatable bonds is 9. The van der Waals surface area contributed by atoms with Crippen LogP contribution in [0.2, 0.25) is 0 Å². The number of ether oxygens (including phenoxy) is 1. The Morgan fingerprint density at radius 1 is 1.38 bits per heavy atom. The van der Waals surface area contributed by atoms with E-state index in [2.05, 4.69) is 38.4 Å². The maximum absolute atomic E-state index is 12.9. The van der Waals surface area contributed by atoms with E-state index in [4.69, 9.17) is 9.72 Å². The average Bonchev–Trinajstić information content (AvgIpc) is 3.05. The number of imidazole rings is 1. The van der Waals surface area contributed by atoms with Gasteiger partial charge in [-0.15, -0.1) is 0 Å². The summed E-state index contributed by atoms with van der Waals surface area (Å²) in [6.07, 6.45) is 3.75. The van der Waals surface area contributed by atoms with Crippen LogP contribution in [0.5, 0.6) is 0 Å². The summed E-state index contributed by atoms with van der Waals surface area (Å²) in [5.41, 5.74) is 3.02. The Balaban J connectivity index is 1.96. The molecule has 7 heteroatoms. The van der Waals surface area contributed by atoms with Crippen LogP contribution in [0.4, 0.5) is 0 Å². The second-order valence-corrected chi connectivity index (χ2v) is 10.00. The molecule has 3 atom stereocenters. The molecule has 1 aliphatic rings. The van der Waals surface area contributed by atoms with Crippen molar-refractivity contribution in [1.29, 1.82) is 0 Å². The third-order valence-electron chi connectivity index (χ3n) is 5.99. The van der Waals surface area contributed by atoms with Crippen LogP contribution in [-0.4, -0.2) is 68.5 Å². The van der Waals surface area contributed by atoms with E-state index in [1.165, 1.54) is 0 Å². The molecule has 32 heavy (non-hydrogen) atoms. The van der Waals surface area contributed by atoms with Crippen molar-refractivity contribution in [2.45, 2.75) is 91.6 Å². The lowest BCUT2D eigenvalue weighted by Crippen LogP contribution is -2.52. The third-order valence-corrected chi connectivity index (χ3v) is 5.99. The SMILES string of the molecule is C=C/C(=C\c1nc(CCCC(=O)N(C[C@H]2OCC[C@H](O)[C@@H]2O)C(C)C)[nH]c1C)C(C)(C)C. The Kier molecular flexibility index (Phi) is 9.25. The molecule has 0 bridgehead atoms. The molecule has 0 aliphatic carbocycles. The fraction of sp³-hybridized carbons (Fsp3) is 0.680. The Morgan fingerprint density at radius 3 is 2.66 bits per heavy atom. The number of carbonyl (C=O) groups is 1. The molecule has 1 fully saturated rings. The van der Waals surface area contributed by atoms with Gasteiger partial charge in [-0.05, 0) is 50.7 Å². The van der Waals surface area contributed by atoms with Crippen LogP contribution in [0.15, 0.2) is 18.2 Å². The Labute approximate surface area is 192 Å². The van der Waals surface area contributed by atoms with E-state index < -0.39 is 18.3 Å². The molecule has 1 aliphatic heterocycles. The number of carbonyl (C=O) groups excluding carboxylic acids is 1. The summed E-state index contributed by atoms with van der Waals surface area (Å²) >= 11 is 0. The monoisotopic (exact) mass is 447 g/mol.